The van der Waals surface area contributed by atoms with Gasteiger partial charge in [0.2, 0.25) is 5.82 Å². The minimum Gasteiger partial charge on any atom is -0.493 e. The number of rotatable bonds is 9. The fraction of sp³-hybridized carbons (Fsp3) is 0.667. The fourth-order valence-corrected chi connectivity index (χ4v) is 4.16. The van der Waals surface area contributed by atoms with Crippen LogP contribution in [0.15, 0.2) is 18.2 Å². The van der Waals surface area contributed by atoms with Crippen molar-refractivity contribution in [1.82, 2.24) is 20.2 Å². The second kappa shape index (κ2) is 10.0. The van der Waals surface area contributed by atoms with Crippen LogP contribution in [0, 0.1) is 5.92 Å². The Labute approximate surface area is 173 Å². The summed E-state index contributed by atoms with van der Waals surface area (Å²) in [5.74, 6) is 3.13. The van der Waals surface area contributed by atoms with Crippen molar-refractivity contribution < 1.29 is 19.3 Å². The van der Waals surface area contributed by atoms with Crippen molar-refractivity contribution in [2.75, 3.05) is 47.4 Å². The van der Waals surface area contributed by atoms with Gasteiger partial charge in [-0.05, 0) is 40.5 Å². The van der Waals surface area contributed by atoms with Crippen molar-refractivity contribution in [2.24, 2.45) is 5.92 Å². The number of tetrazole rings is 1. The second-order valence-electron chi connectivity index (χ2n) is 8.50. The fourth-order valence-electron chi connectivity index (χ4n) is 4.16. The summed E-state index contributed by atoms with van der Waals surface area (Å²) in [7, 11) is 5.60. The minimum absolute atomic E-state index is 0.350. The van der Waals surface area contributed by atoms with Crippen LogP contribution in [-0.2, 0) is 13.0 Å². The van der Waals surface area contributed by atoms with Gasteiger partial charge in [-0.25, -0.2) is 4.68 Å². The zero-order chi connectivity index (χ0) is 20.8. The predicted molar refractivity (Wildman–Crippen MR) is 111 cm³/mol. The van der Waals surface area contributed by atoms with Gasteiger partial charge in [0.25, 0.3) is 0 Å². The van der Waals surface area contributed by atoms with Crippen molar-refractivity contribution in [3.8, 4) is 11.5 Å². The SMILES string of the molecule is COc1ccc(CCn2nnnc2[C@H](CC(C)C)[NH+]2CC[NH+](C)CC2)cc1OC. The lowest BCUT2D eigenvalue weighted by Crippen LogP contribution is -3.27. The van der Waals surface area contributed by atoms with Gasteiger partial charge in [0.15, 0.2) is 17.5 Å². The summed E-state index contributed by atoms with van der Waals surface area (Å²) in [4.78, 5) is 3.23. The molecule has 1 aromatic heterocycles. The van der Waals surface area contributed by atoms with Gasteiger partial charge in [-0.15, -0.1) is 5.10 Å². The van der Waals surface area contributed by atoms with Crippen LogP contribution >= 0.6 is 0 Å². The van der Waals surface area contributed by atoms with Crippen LogP contribution in [0.25, 0.3) is 0 Å². The molecule has 3 rings (SSSR count). The number of hydrogen-bond donors (Lipinski definition) is 2. The molecule has 2 N–H and O–H groups in total. The van der Waals surface area contributed by atoms with Gasteiger partial charge in [-0.1, -0.05) is 19.9 Å². The maximum absolute atomic E-state index is 5.43. The van der Waals surface area contributed by atoms with Gasteiger partial charge in [0, 0.05) is 13.0 Å². The van der Waals surface area contributed by atoms with Crippen LogP contribution in [0.5, 0.6) is 11.5 Å². The van der Waals surface area contributed by atoms with E-state index in [9.17, 15) is 0 Å². The van der Waals surface area contributed by atoms with E-state index in [1.807, 2.05) is 16.8 Å². The van der Waals surface area contributed by atoms with Gasteiger partial charge in [-0.3, -0.25) is 0 Å². The lowest BCUT2D eigenvalue weighted by atomic mass is 10.0. The Kier molecular flexibility index (Phi) is 7.44. The van der Waals surface area contributed by atoms with Crippen molar-refractivity contribution in [2.45, 2.75) is 39.3 Å². The molecule has 1 atom stereocenters. The van der Waals surface area contributed by atoms with Crippen LogP contribution in [0.1, 0.15) is 37.7 Å². The van der Waals surface area contributed by atoms with Crippen LogP contribution in [-0.4, -0.2) is 67.7 Å². The first-order chi connectivity index (χ1) is 14.0. The summed E-state index contributed by atoms with van der Waals surface area (Å²) in [6.45, 7) is 10.1. The highest BCUT2D eigenvalue weighted by atomic mass is 16.5. The van der Waals surface area contributed by atoms with Crippen LogP contribution in [0.3, 0.4) is 0 Å². The van der Waals surface area contributed by atoms with E-state index < -0.39 is 0 Å². The topological polar surface area (TPSA) is 70.9 Å². The number of hydrogen-bond acceptors (Lipinski definition) is 5. The Bertz CT molecular complexity index is 770. The molecule has 1 fully saturated rings. The third-order valence-electron chi connectivity index (χ3n) is 5.88. The lowest BCUT2D eigenvalue weighted by molar-refractivity contribution is -1.02. The molecular weight excluding hydrogens is 368 g/mol. The van der Waals surface area contributed by atoms with Gasteiger partial charge >= 0.3 is 0 Å². The molecule has 0 radical (unpaired) electrons. The Balaban J connectivity index is 1.74. The number of piperazine rings is 1. The molecule has 0 bridgehead atoms. The maximum atomic E-state index is 5.43. The van der Waals surface area contributed by atoms with E-state index in [0.717, 1.165) is 36.7 Å². The van der Waals surface area contributed by atoms with Crippen molar-refractivity contribution >= 4 is 0 Å². The van der Waals surface area contributed by atoms with Crippen LogP contribution < -0.4 is 19.3 Å². The molecule has 2 heterocycles. The van der Waals surface area contributed by atoms with E-state index in [2.05, 4.69) is 42.5 Å². The first kappa shape index (κ1) is 21.5. The highest BCUT2D eigenvalue weighted by Gasteiger charge is 2.33. The Morgan fingerprint density at radius 2 is 1.79 bits per heavy atom. The second-order valence-corrected chi connectivity index (χ2v) is 8.50. The third-order valence-corrected chi connectivity index (χ3v) is 5.88. The Hall–Kier alpha value is -2.19. The number of ether oxygens (including phenoxy) is 2. The number of aryl methyl sites for hydroxylation is 2. The van der Waals surface area contributed by atoms with Gasteiger partial charge in [0.1, 0.15) is 26.2 Å². The summed E-state index contributed by atoms with van der Waals surface area (Å²) in [6.07, 6.45) is 1.94. The summed E-state index contributed by atoms with van der Waals surface area (Å²) >= 11 is 0. The zero-order valence-electron chi connectivity index (χ0n) is 18.4. The van der Waals surface area contributed by atoms with E-state index in [4.69, 9.17) is 9.47 Å². The average molecular weight is 405 g/mol. The lowest BCUT2D eigenvalue weighted by Gasteiger charge is -2.33. The summed E-state index contributed by atoms with van der Waals surface area (Å²) in [6, 6.07) is 6.41. The van der Waals surface area contributed by atoms with Crippen LogP contribution in [0.2, 0.25) is 0 Å². The quantitative estimate of drug-likeness (QED) is 0.586. The van der Waals surface area contributed by atoms with E-state index in [-0.39, 0.29) is 0 Å². The molecule has 1 aliphatic heterocycles. The Morgan fingerprint density at radius 3 is 2.45 bits per heavy atom. The first-order valence-electron chi connectivity index (χ1n) is 10.6. The molecular formula is C21H36N6O2+2. The highest BCUT2D eigenvalue weighted by Crippen LogP contribution is 2.28. The number of methoxy groups -OCH3 is 2. The molecule has 1 saturated heterocycles. The third kappa shape index (κ3) is 5.45. The van der Waals surface area contributed by atoms with Gasteiger partial charge in [0.05, 0.1) is 21.3 Å². The average Bonchev–Trinajstić information content (AvgIpc) is 3.19. The maximum Gasteiger partial charge on any atom is 0.209 e. The van der Waals surface area contributed by atoms with E-state index >= 15 is 0 Å². The number of nitrogens with one attached hydrogen (secondary N) is 2. The van der Waals surface area contributed by atoms with Gasteiger partial charge < -0.3 is 19.3 Å². The van der Waals surface area contributed by atoms with Crippen LogP contribution in [0.4, 0.5) is 0 Å². The molecule has 0 amide bonds. The molecule has 2 aromatic rings. The molecule has 0 aliphatic carbocycles. The number of likely N-dealkylation sites (N-methyl/N-ethyl adjacent to an activating group) is 1. The molecule has 160 valence electrons. The smallest absolute Gasteiger partial charge is 0.209 e. The summed E-state index contributed by atoms with van der Waals surface area (Å²) < 4.78 is 12.8. The minimum atomic E-state index is 0.350. The Morgan fingerprint density at radius 1 is 1.07 bits per heavy atom. The number of nitrogens with zero attached hydrogens (tertiary/aromatic N) is 4. The van der Waals surface area contributed by atoms with E-state index in [0.29, 0.717) is 12.0 Å². The molecule has 0 saturated carbocycles. The van der Waals surface area contributed by atoms with E-state index in [1.165, 1.54) is 31.7 Å². The van der Waals surface area contributed by atoms with E-state index in [1.54, 1.807) is 24.0 Å². The number of quaternary nitrogens is 2. The molecule has 29 heavy (non-hydrogen) atoms. The molecule has 0 spiro atoms. The predicted octanol–water partition coefficient (Wildman–Crippen LogP) is -0.567. The number of benzene rings is 1. The number of aromatic nitrogens is 4. The molecule has 0 unspecified atom stereocenters. The van der Waals surface area contributed by atoms with Gasteiger partial charge in [-0.2, -0.15) is 0 Å². The summed E-state index contributed by atoms with van der Waals surface area (Å²) in [5, 5.41) is 12.8. The van der Waals surface area contributed by atoms with Crippen molar-refractivity contribution in [1.29, 1.82) is 0 Å². The summed E-state index contributed by atoms with van der Waals surface area (Å²) in [5.41, 5.74) is 1.18. The molecule has 8 heteroatoms. The standard InChI is InChI=1S/C21H34N6O2/c1-16(2)14-18(26-12-10-25(3)11-13-26)21-22-23-24-27(21)9-8-17-6-7-19(28-4)20(15-17)29-5/h6-7,15-16,18H,8-14H2,1-5H3/p+2/t18-/m0/s1. The first-order valence-corrected chi connectivity index (χ1v) is 10.6. The molecule has 1 aliphatic rings. The normalized spacial score (nSPS) is 20.6. The monoisotopic (exact) mass is 404 g/mol. The van der Waals surface area contributed by atoms with Crippen molar-refractivity contribution in [3.63, 3.8) is 0 Å². The molecule has 8 nitrogen and oxygen atoms in total. The largest absolute Gasteiger partial charge is 0.493 e. The highest BCUT2D eigenvalue weighted by molar-refractivity contribution is 5.42. The molecule has 1 aromatic carbocycles. The zero-order valence-corrected chi connectivity index (χ0v) is 18.4. The van der Waals surface area contributed by atoms with Crippen molar-refractivity contribution in [3.05, 3.63) is 29.6 Å².